The van der Waals surface area contributed by atoms with E-state index >= 15 is 0 Å². The molecule has 0 fully saturated rings. The predicted octanol–water partition coefficient (Wildman–Crippen LogP) is 2.77. The molecule has 1 aromatic heterocycles. The van der Waals surface area contributed by atoms with E-state index in [1.165, 1.54) is 6.07 Å². The Morgan fingerprint density at radius 2 is 2.21 bits per heavy atom. The Labute approximate surface area is 113 Å². The fourth-order valence-electron chi connectivity index (χ4n) is 1.62. The van der Waals surface area contributed by atoms with Crippen LogP contribution in [0.5, 0.6) is 0 Å². The van der Waals surface area contributed by atoms with E-state index in [-0.39, 0.29) is 11.1 Å². The van der Waals surface area contributed by atoms with Gasteiger partial charge < -0.3 is 10.1 Å². The second kappa shape index (κ2) is 6.47. The summed E-state index contributed by atoms with van der Waals surface area (Å²) >= 11 is 0. The second-order valence-corrected chi connectivity index (χ2v) is 5.40. The normalized spacial score (nSPS) is 11.4. The molecule has 0 saturated carbocycles. The van der Waals surface area contributed by atoms with E-state index < -0.39 is 4.92 Å². The van der Waals surface area contributed by atoms with Gasteiger partial charge in [-0.25, -0.2) is 4.98 Å². The summed E-state index contributed by atoms with van der Waals surface area (Å²) < 4.78 is 5.06. The number of hydrogen-bond acceptors (Lipinski definition) is 5. The number of rotatable bonds is 7. The van der Waals surface area contributed by atoms with Crippen molar-refractivity contribution in [2.45, 2.75) is 27.2 Å². The van der Waals surface area contributed by atoms with Gasteiger partial charge in [-0.3, -0.25) is 10.1 Å². The van der Waals surface area contributed by atoms with Gasteiger partial charge >= 0.3 is 5.69 Å². The van der Waals surface area contributed by atoms with Crippen molar-refractivity contribution in [1.29, 1.82) is 0 Å². The summed E-state index contributed by atoms with van der Waals surface area (Å²) in [6.45, 7) is 7.22. The van der Waals surface area contributed by atoms with E-state index in [0.717, 1.165) is 12.0 Å². The van der Waals surface area contributed by atoms with E-state index in [0.29, 0.717) is 19.0 Å². The lowest BCUT2D eigenvalue weighted by atomic mass is 9.90. The number of methoxy groups -OCH3 is 1. The molecule has 0 radical (unpaired) electrons. The van der Waals surface area contributed by atoms with Crippen molar-refractivity contribution >= 4 is 11.5 Å². The average molecular weight is 267 g/mol. The van der Waals surface area contributed by atoms with Crippen molar-refractivity contribution in [3.8, 4) is 0 Å². The summed E-state index contributed by atoms with van der Waals surface area (Å²) in [5.41, 5.74) is 0.773. The molecule has 0 aliphatic rings. The van der Waals surface area contributed by atoms with Gasteiger partial charge in [-0.05, 0) is 24.3 Å². The van der Waals surface area contributed by atoms with Crippen molar-refractivity contribution in [2.24, 2.45) is 5.41 Å². The summed E-state index contributed by atoms with van der Waals surface area (Å²) in [6, 6.07) is 1.53. The molecule has 1 N–H and O–H groups in total. The minimum Gasteiger partial charge on any atom is -0.385 e. The van der Waals surface area contributed by atoms with Crippen LogP contribution in [0.3, 0.4) is 0 Å². The molecule has 6 heteroatoms. The highest BCUT2D eigenvalue weighted by Crippen LogP contribution is 2.26. The molecule has 6 nitrogen and oxygen atoms in total. The Balaban J connectivity index is 2.75. The molecule has 19 heavy (non-hydrogen) atoms. The monoisotopic (exact) mass is 267 g/mol. The minimum atomic E-state index is -0.412. The zero-order valence-corrected chi connectivity index (χ0v) is 11.9. The summed E-state index contributed by atoms with van der Waals surface area (Å²) in [6.07, 6.45) is 2.49. The summed E-state index contributed by atoms with van der Waals surface area (Å²) in [4.78, 5) is 14.7. The van der Waals surface area contributed by atoms with Crippen LogP contribution in [0.4, 0.5) is 11.5 Å². The highest BCUT2D eigenvalue weighted by molar-refractivity contribution is 5.56. The van der Waals surface area contributed by atoms with E-state index in [2.05, 4.69) is 24.1 Å². The smallest absolute Gasteiger partial charge is 0.311 e. The molecule has 0 amide bonds. The van der Waals surface area contributed by atoms with Crippen LogP contribution in [0.2, 0.25) is 0 Å². The molecule has 0 aliphatic heterocycles. The molecule has 0 atom stereocenters. The van der Waals surface area contributed by atoms with E-state index in [1.54, 1.807) is 20.2 Å². The predicted molar refractivity (Wildman–Crippen MR) is 74.4 cm³/mol. The first-order chi connectivity index (χ1) is 8.85. The number of nitrogens with one attached hydrogen (secondary N) is 1. The molecular formula is C13H21N3O3. The largest absolute Gasteiger partial charge is 0.385 e. The SMILES string of the molecule is COCCC(C)(C)CNc1ncc(C)cc1[N+](=O)[O-]. The number of pyridine rings is 1. The Morgan fingerprint density at radius 1 is 1.53 bits per heavy atom. The standard InChI is InChI=1S/C13H21N3O3/c1-10-7-11(16(17)18)12(14-8-10)15-9-13(2,3)5-6-19-4/h7-8H,5-6,9H2,1-4H3,(H,14,15). The van der Waals surface area contributed by atoms with Crippen LogP contribution < -0.4 is 5.32 Å². The molecule has 0 unspecified atom stereocenters. The zero-order chi connectivity index (χ0) is 14.5. The van der Waals surface area contributed by atoms with E-state index in [1.807, 2.05) is 0 Å². The number of anilines is 1. The summed E-state index contributed by atoms with van der Waals surface area (Å²) in [5.74, 6) is 0.320. The van der Waals surface area contributed by atoms with E-state index in [4.69, 9.17) is 4.74 Å². The zero-order valence-electron chi connectivity index (χ0n) is 11.9. The lowest BCUT2D eigenvalue weighted by Crippen LogP contribution is -2.25. The molecule has 106 valence electrons. The van der Waals surface area contributed by atoms with Gasteiger partial charge in [0.05, 0.1) is 4.92 Å². The summed E-state index contributed by atoms with van der Waals surface area (Å²) in [5, 5.41) is 14.0. The minimum absolute atomic E-state index is 0.0162. The average Bonchev–Trinajstić information content (AvgIpc) is 2.35. The fraction of sp³-hybridized carbons (Fsp3) is 0.615. The van der Waals surface area contributed by atoms with Gasteiger partial charge in [0.25, 0.3) is 0 Å². The third-order valence-electron chi connectivity index (χ3n) is 2.92. The topological polar surface area (TPSA) is 77.3 Å². The molecule has 0 saturated heterocycles. The number of aryl methyl sites for hydroxylation is 1. The summed E-state index contributed by atoms with van der Waals surface area (Å²) in [7, 11) is 1.66. The van der Waals surface area contributed by atoms with Gasteiger partial charge in [-0.1, -0.05) is 13.8 Å². The van der Waals surface area contributed by atoms with Crippen molar-refractivity contribution in [2.75, 3.05) is 25.6 Å². The lowest BCUT2D eigenvalue weighted by Gasteiger charge is -2.24. The number of ether oxygens (including phenoxy) is 1. The van der Waals surface area contributed by atoms with Gasteiger partial charge in [0.15, 0.2) is 0 Å². The Hall–Kier alpha value is -1.69. The van der Waals surface area contributed by atoms with Gasteiger partial charge in [0.2, 0.25) is 5.82 Å². The Morgan fingerprint density at radius 3 is 2.79 bits per heavy atom. The highest BCUT2D eigenvalue weighted by atomic mass is 16.6. The van der Waals surface area contributed by atoms with Gasteiger partial charge in [-0.2, -0.15) is 0 Å². The molecule has 1 rings (SSSR count). The van der Waals surface area contributed by atoms with Crippen molar-refractivity contribution in [3.05, 3.63) is 27.9 Å². The third-order valence-corrected chi connectivity index (χ3v) is 2.92. The van der Waals surface area contributed by atoms with Crippen molar-refractivity contribution < 1.29 is 9.66 Å². The first-order valence-electron chi connectivity index (χ1n) is 6.19. The van der Waals surface area contributed by atoms with Crippen molar-refractivity contribution in [1.82, 2.24) is 4.98 Å². The van der Waals surface area contributed by atoms with Crippen LogP contribution in [-0.4, -0.2) is 30.2 Å². The van der Waals surface area contributed by atoms with Crippen LogP contribution in [0.15, 0.2) is 12.3 Å². The molecule has 0 aromatic carbocycles. The molecule has 1 heterocycles. The maximum atomic E-state index is 11.0. The maximum absolute atomic E-state index is 11.0. The van der Waals surface area contributed by atoms with Crippen LogP contribution in [-0.2, 0) is 4.74 Å². The van der Waals surface area contributed by atoms with Crippen LogP contribution >= 0.6 is 0 Å². The highest BCUT2D eigenvalue weighted by Gasteiger charge is 2.21. The van der Waals surface area contributed by atoms with Crippen LogP contribution in [0.1, 0.15) is 25.8 Å². The molecule has 1 aromatic rings. The maximum Gasteiger partial charge on any atom is 0.311 e. The Kier molecular flexibility index (Phi) is 5.23. The quantitative estimate of drug-likeness (QED) is 0.607. The fourth-order valence-corrected chi connectivity index (χ4v) is 1.62. The van der Waals surface area contributed by atoms with Crippen LogP contribution in [0, 0.1) is 22.5 Å². The first-order valence-corrected chi connectivity index (χ1v) is 6.19. The van der Waals surface area contributed by atoms with Crippen molar-refractivity contribution in [3.63, 3.8) is 0 Å². The number of nitrogens with zero attached hydrogens (tertiary/aromatic N) is 2. The Bertz CT molecular complexity index is 447. The molecule has 0 bridgehead atoms. The molecule has 0 spiro atoms. The van der Waals surface area contributed by atoms with Gasteiger partial charge in [0.1, 0.15) is 0 Å². The number of nitro groups is 1. The molecular weight excluding hydrogens is 246 g/mol. The van der Waals surface area contributed by atoms with Gasteiger partial charge in [-0.15, -0.1) is 0 Å². The van der Waals surface area contributed by atoms with Gasteiger partial charge in [0, 0.05) is 32.5 Å². The van der Waals surface area contributed by atoms with E-state index in [9.17, 15) is 10.1 Å². The number of aromatic nitrogens is 1. The third kappa shape index (κ3) is 4.82. The molecule has 0 aliphatic carbocycles. The number of hydrogen-bond donors (Lipinski definition) is 1. The lowest BCUT2D eigenvalue weighted by molar-refractivity contribution is -0.384. The first kappa shape index (κ1) is 15.4. The van der Waals surface area contributed by atoms with Crippen LogP contribution in [0.25, 0.3) is 0 Å². The second-order valence-electron chi connectivity index (χ2n) is 5.40.